The van der Waals surface area contributed by atoms with Gasteiger partial charge in [0.25, 0.3) is 0 Å². The summed E-state index contributed by atoms with van der Waals surface area (Å²) in [6, 6.07) is 0. The van der Waals surface area contributed by atoms with Crippen LogP contribution in [0.5, 0.6) is 0 Å². The fourth-order valence-corrected chi connectivity index (χ4v) is 0. The van der Waals surface area contributed by atoms with Crippen LogP contribution in [0.25, 0.3) is 0 Å². The number of hydrogen-bond donors (Lipinski definition) is 1. The zero-order chi connectivity index (χ0) is 3.41. The van der Waals surface area contributed by atoms with Crippen LogP contribution in [0, 0.1) is 6.92 Å². The Hall–Kier alpha value is 0.713. The van der Waals surface area contributed by atoms with Gasteiger partial charge in [-0.25, -0.2) is 0 Å². The maximum absolute atomic E-state index is 4.97. The molecular formula is C3H8BNPt-. The maximum Gasteiger partial charge on any atom is 0 e. The van der Waals surface area contributed by atoms with E-state index in [9.17, 15) is 0 Å². The summed E-state index contributed by atoms with van der Waals surface area (Å²) in [6.45, 7) is 4.19. The van der Waals surface area contributed by atoms with E-state index in [-0.39, 0.29) is 29.5 Å². The van der Waals surface area contributed by atoms with Gasteiger partial charge in [0.1, 0.15) is 0 Å². The third-order valence-electron chi connectivity index (χ3n) is 0.204. The average Bonchev–Trinajstić information content (AvgIpc) is 1.37. The Morgan fingerprint density at radius 1 is 1.50 bits per heavy atom. The minimum Gasteiger partial charge on any atom is -0.342 e. The van der Waals surface area contributed by atoms with Gasteiger partial charge in [-0.15, -0.1) is 0 Å². The summed E-state index contributed by atoms with van der Waals surface area (Å²) in [6.07, 6.45) is 0.847. The van der Waals surface area contributed by atoms with E-state index in [4.69, 9.17) is 5.73 Å². The van der Waals surface area contributed by atoms with Gasteiger partial charge in [-0.2, -0.15) is 6.42 Å². The van der Waals surface area contributed by atoms with Crippen molar-refractivity contribution in [1.82, 2.24) is 0 Å². The van der Waals surface area contributed by atoms with E-state index in [1.54, 1.807) is 0 Å². The average molecular weight is 264 g/mol. The molecule has 0 aliphatic rings. The summed E-state index contributed by atoms with van der Waals surface area (Å²) >= 11 is 0. The van der Waals surface area contributed by atoms with Gasteiger partial charge in [0, 0.05) is 29.5 Å². The second kappa shape index (κ2) is 17.2. The topological polar surface area (TPSA) is 26.0 Å². The first kappa shape index (κ1) is 15.9. The molecule has 0 atom stereocenters. The van der Waals surface area contributed by atoms with Gasteiger partial charge in [0.05, 0.1) is 0 Å². The zero-order valence-corrected chi connectivity index (χ0v) is 5.86. The van der Waals surface area contributed by atoms with Crippen molar-refractivity contribution in [3.8, 4) is 0 Å². The van der Waals surface area contributed by atoms with Crippen molar-refractivity contribution >= 4 is 8.41 Å². The Bertz CT molecular complexity index is 12.8. The smallest absolute Gasteiger partial charge is 0 e. The zero-order valence-electron chi connectivity index (χ0n) is 3.59. The summed E-state index contributed by atoms with van der Waals surface area (Å²) < 4.78 is 0. The van der Waals surface area contributed by atoms with Gasteiger partial charge >= 0.3 is 0 Å². The van der Waals surface area contributed by atoms with Crippen molar-refractivity contribution in [2.75, 3.05) is 6.54 Å². The second-order valence-electron chi connectivity index (χ2n) is 0.642. The molecule has 0 aliphatic heterocycles. The predicted octanol–water partition coefficient (Wildman–Crippen LogP) is -0.214. The molecule has 0 aromatic carbocycles. The summed E-state index contributed by atoms with van der Waals surface area (Å²) in [5.41, 5.74) is 4.97. The molecule has 1 nitrogen and oxygen atoms in total. The van der Waals surface area contributed by atoms with Crippen LogP contribution in [0.2, 0.25) is 0 Å². The molecule has 0 fully saturated rings. The SMILES string of the molecule is [B].[CH2-]CCN.[Pt]. The molecule has 0 amide bonds. The van der Waals surface area contributed by atoms with Crippen molar-refractivity contribution in [2.24, 2.45) is 5.73 Å². The molecule has 39 valence electrons. The number of rotatable bonds is 1. The van der Waals surface area contributed by atoms with Crippen LogP contribution in [-0.2, 0) is 21.1 Å². The number of hydrogen-bond acceptors (Lipinski definition) is 1. The normalized spacial score (nSPS) is 5.00. The fraction of sp³-hybridized carbons (Fsp3) is 0.667. The summed E-state index contributed by atoms with van der Waals surface area (Å²) in [5, 5.41) is 0. The van der Waals surface area contributed by atoms with Crippen LogP contribution < -0.4 is 5.73 Å². The molecule has 0 saturated carbocycles. The van der Waals surface area contributed by atoms with Crippen molar-refractivity contribution in [1.29, 1.82) is 0 Å². The van der Waals surface area contributed by atoms with Gasteiger partial charge in [-0.1, -0.05) is 0 Å². The Morgan fingerprint density at radius 2 is 1.67 bits per heavy atom. The molecule has 0 bridgehead atoms. The first-order chi connectivity index (χ1) is 1.91. The predicted molar refractivity (Wildman–Crippen MR) is 24.8 cm³/mol. The van der Waals surface area contributed by atoms with Crippen molar-refractivity contribution in [2.45, 2.75) is 6.42 Å². The third kappa shape index (κ3) is 22.1. The van der Waals surface area contributed by atoms with E-state index in [1.807, 2.05) is 0 Å². The van der Waals surface area contributed by atoms with E-state index in [0.717, 1.165) is 6.42 Å². The van der Waals surface area contributed by atoms with Crippen molar-refractivity contribution in [3.05, 3.63) is 6.92 Å². The summed E-state index contributed by atoms with van der Waals surface area (Å²) in [4.78, 5) is 0. The minimum atomic E-state index is 0. The van der Waals surface area contributed by atoms with Gasteiger partial charge in [-0.05, 0) is 6.54 Å². The Labute approximate surface area is 55.5 Å². The molecule has 3 heteroatoms. The second-order valence-corrected chi connectivity index (χ2v) is 0.642. The molecule has 0 saturated heterocycles. The molecule has 0 heterocycles. The first-order valence-corrected chi connectivity index (χ1v) is 1.41. The van der Waals surface area contributed by atoms with E-state index >= 15 is 0 Å². The van der Waals surface area contributed by atoms with Crippen LogP contribution in [0.1, 0.15) is 6.42 Å². The van der Waals surface area contributed by atoms with Crippen LogP contribution in [0.4, 0.5) is 0 Å². The molecule has 0 aromatic rings. The monoisotopic (exact) mass is 264 g/mol. The van der Waals surface area contributed by atoms with Gasteiger partial charge in [0.2, 0.25) is 0 Å². The van der Waals surface area contributed by atoms with Gasteiger partial charge < -0.3 is 12.7 Å². The Kier molecular flexibility index (Phi) is 45.7. The molecule has 0 unspecified atom stereocenters. The Balaban J connectivity index is -0.0000000450. The van der Waals surface area contributed by atoms with Crippen molar-refractivity contribution < 1.29 is 21.1 Å². The molecule has 0 aliphatic carbocycles. The quantitative estimate of drug-likeness (QED) is 0.514. The summed E-state index contributed by atoms with van der Waals surface area (Å²) in [7, 11) is 0. The van der Waals surface area contributed by atoms with Gasteiger partial charge in [0.15, 0.2) is 0 Å². The first-order valence-electron chi connectivity index (χ1n) is 1.41. The van der Waals surface area contributed by atoms with Crippen LogP contribution >= 0.6 is 0 Å². The van der Waals surface area contributed by atoms with E-state index in [0.29, 0.717) is 6.54 Å². The van der Waals surface area contributed by atoms with E-state index in [2.05, 4.69) is 6.92 Å². The molecule has 0 aromatic heterocycles. The number of nitrogens with two attached hydrogens (primary N) is 1. The fourth-order valence-electron chi connectivity index (χ4n) is 0. The minimum absolute atomic E-state index is 0. The van der Waals surface area contributed by atoms with Crippen LogP contribution in [0.3, 0.4) is 0 Å². The molecule has 0 spiro atoms. The summed E-state index contributed by atoms with van der Waals surface area (Å²) in [5.74, 6) is 0. The molecule has 3 radical (unpaired) electrons. The van der Waals surface area contributed by atoms with Crippen molar-refractivity contribution in [3.63, 3.8) is 0 Å². The standard InChI is InChI=1S/C3H8N.B.Pt/c1-2-3-4;;/h1-4H2;;/q-1;;. The molecule has 2 N–H and O–H groups in total. The van der Waals surface area contributed by atoms with E-state index < -0.39 is 0 Å². The molecule has 6 heavy (non-hydrogen) atoms. The van der Waals surface area contributed by atoms with E-state index in [1.165, 1.54) is 0 Å². The largest absolute Gasteiger partial charge is 0.342 e. The Morgan fingerprint density at radius 3 is 1.67 bits per heavy atom. The van der Waals surface area contributed by atoms with Crippen LogP contribution in [-0.4, -0.2) is 15.0 Å². The third-order valence-corrected chi connectivity index (χ3v) is 0.204. The van der Waals surface area contributed by atoms with Gasteiger partial charge in [-0.3, -0.25) is 0 Å². The maximum atomic E-state index is 4.97. The molecular weight excluding hydrogens is 256 g/mol. The van der Waals surface area contributed by atoms with Crippen LogP contribution in [0.15, 0.2) is 0 Å². The molecule has 0 rings (SSSR count).